The van der Waals surface area contributed by atoms with Gasteiger partial charge in [-0.2, -0.15) is 0 Å². The van der Waals surface area contributed by atoms with Crippen LogP contribution in [0, 0.1) is 0 Å². The molecule has 1 aromatic heterocycles. The molecule has 4 rings (SSSR count). The van der Waals surface area contributed by atoms with Gasteiger partial charge in [0, 0.05) is 10.7 Å². The van der Waals surface area contributed by atoms with Gasteiger partial charge in [-0.15, -0.1) is 0 Å². The van der Waals surface area contributed by atoms with Crippen LogP contribution in [0.25, 0.3) is 22.6 Å². The van der Waals surface area contributed by atoms with Gasteiger partial charge in [0.25, 0.3) is 5.91 Å². The van der Waals surface area contributed by atoms with E-state index in [0.717, 1.165) is 12.0 Å². The molecule has 0 spiro atoms. The minimum atomic E-state index is -0.878. The lowest BCUT2D eigenvalue weighted by atomic mass is 10.1. The lowest BCUT2D eigenvalue weighted by Gasteiger charge is -2.17. The number of halogens is 2. The molecular weight excluding hydrogens is 509 g/mol. The number of fused-ring (bicyclic) bond motifs is 1. The van der Waals surface area contributed by atoms with E-state index in [1.54, 1.807) is 31.2 Å². The Kier molecular flexibility index (Phi) is 7.45. The Labute approximate surface area is 217 Å². The standard InChI is InChI=1S/C25H21Cl2N3O4S/c1-3-14-4-8-22-19(10-14)29-24(34-22)17-12-16(6-7-20(17)31)28-25(35)30-23(32)13(2)33-21-9-5-15(26)11-18(21)27/h4-13,31H,3H2,1-2H3,(H2,28,30,32,35). The quantitative estimate of drug-likeness (QED) is 0.197. The summed E-state index contributed by atoms with van der Waals surface area (Å²) < 4.78 is 11.4. The molecule has 1 amide bonds. The molecule has 0 radical (unpaired) electrons. The van der Waals surface area contributed by atoms with Crippen LogP contribution in [0.4, 0.5) is 5.69 Å². The second kappa shape index (κ2) is 10.5. The number of carbonyl (C=O) groups excluding carboxylic acids is 1. The topological polar surface area (TPSA) is 96.6 Å². The zero-order chi connectivity index (χ0) is 25.1. The number of hydrogen-bond acceptors (Lipinski definition) is 6. The maximum absolute atomic E-state index is 12.5. The molecule has 1 atom stereocenters. The van der Waals surface area contributed by atoms with Gasteiger partial charge in [-0.3, -0.25) is 10.1 Å². The Bertz CT molecular complexity index is 1420. The van der Waals surface area contributed by atoms with E-state index < -0.39 is 12.0 Å². The molecule has 10 heteroatoms. The summed E-state index contributed by atoms with van der Waals surface area (Å²) in [6.45, 7) is 3.63. The van der Waals surface area contributed by atoms with Gasteiger partial charge in [-0.25, -0.2) is 4.98 Å². The van der Waals surface area contributed by atoms with E-state index in [1.807, 2.05) is 18.2 Å². The molecule has 0 fully saturated rings. The van der Waals surface area contributed by atoms with Crippen molar-refractivity contribution >= 4 is 63.2 Å². The third kappa shape index (κ3) is 5.85. The summed E-state index contributed by atoms with van der Waals surface area (Å²) in [7, 11) is 0. The van der Waals surface area contributed by atoms with Crippen molar-refractivity contribution in [2.45, 2.75) is 26.4 Å². The molecule has 0 saturated carbocycles. The van der Waals surface area contributed by atoms with Gasteiger partial charge >= 0.3 is 0 Å². The van der Waals surface area contributed by atoms with E-state index in [-0.39, 0.29) is 16.8 Å². The predicted octanol–water partition coefficient (Wildman–Crippen LogP) is 6.35. The van der Waals surface area contributed by atoms with E-state index in [4.69, 9.17) is 44.6 Å². The number of nitrogens with one attached hydrogen (secondary N) is 2. The van der Waals surface area contributed by atoms with Crippen molar-refractivity contribution in [3.63, 3.8) is 0 Å². The predicted molar refractivity (Wildman–Crippen MR) is 141 cm³/mol. The largest absolute Gasteiger partial charge is 0.507 e. The molecule has 0 aliphatic heterocycles. The lowest BCUT2D eigenvalue weighted by molar-refractivity contribution is -0.125. The van der Waals surface area contributed by atoms with Gasteiger partial charge in [-0.1, -0.05) is 36.2 Å². The minimum absolute atomic E-state index is 0.00496. The van der Waals surface area contributed by atoms with Crippen LogP contribution >= 0.6 is 35.4 Å². The molecule has 35 heavy (non-hydrogen) atoms. The Morgan fingerprint density at radius 2 is 1.97 bits per heavy atom. The van der Waals surface area contributed by atoms with Crippen LogP contribution in [0.5, 0.6) is 11.5 Å². The van der Waals surface area contributed by atoms with Gasteiger partial charge in [0.15, 0.2) is 16.8 Å². The SMILES string of the molecule is CCc1ccc2oc(-c3cc(NC(=S)NC(=O)C(C)Oc4ccc(Cl)cc4Cl)ccc3O)nc2c1. The normalized spacial score (nSPS) is 11.8. The molecule has 3 aromatic carbocycles. The van der Waals surface area contributed by atoms with Crippen molar-refractivity contribution in [1.29, 1.82) is 0 Å². The molecular formula is C25H21Cl2N3O4S. The van der Waals surface area contributed by atoms with Crippen molar-refractivity contribution in [3.8, 4) is 23.0 Å². The Morgan fingerprint density at radius 1 is 1.17 bits per heavy atom. The van der Waals surface area contributed by atoms with E-state index >= 15 is 0 Å². The fourth-order valence-corrected chi connectivity index (χ4v) is 3.96. The highest BCUT2D eigenvalue weighted by Gasteiger charge is 2.18. The van der Waals surface area contributed by atoms with Crippen molar-refractivity contribution in [2.75, 3.05) is 5.32 Å². The van der Waals surface area contributed by atoms with E-state index in [0.29, 0.717) is 38.1 Å². The minimum Gasteiger partial charge on any atom is -0.507 e. The lowest BCUT2D eigenvalue weighted by Crippen LogP contribution is -2.42. The molecule has 7 nitrogen and oxygen atoms in total. The smallest absolute Gasteiger partial charge is 0.266 e. The summed E-state index contributed by atoms with van der Waals surface area (Å²) in [6, 6.07) is 15.2. The number of aryl methyl sites for hydroxylation is 1. The van der Waals surface area contributed by atoms with Crippen molar-refractivity contribution in [3.05, 3.63) is 70.2 Å². The number of benzene rings is 3. The van der Waals surface area contributed by atoms with Crippen LogP contribution in [0.3, 0.4) is 0 Å². The molecule has 0 bridgehead atoms. The summed E-state index contributed by atoms with van der Waals surface area (Å²) in [6.07, 6.45) is -0.000850. The van der Waals surface area contributed by atoms with Crippen LogP contribution in [0.15, 0.2) is 59.0 Å². The first-order valence-corrected chi connectivity index (χ1v) is 11.9. The Balaban J connectivity index is 1.44. The zero-order valence-electron chi connectivity index (χ0n) is 18.8. The van der Waals surface area contributed by atoms with Crippen molar-refractivity contribution in [2.24, 2.45) is 0 Å². The molecule has 3 N–H and O–H groups in total. The Hall–Kier alpha value is -3.33. The number of amides is 1. The van der Waals surface area contributed by atoms with Crippen LogP contribution in [0.1, 0.15) is 19.4 Å². The van der Waals surface area contributed by atoms with E-state index in [2.05, 4.69) is 22.5 Å². The van der Waals surface area contributed by atoms with Crippen LogP contribution in [-0.4, -0.2) is 27.2 Å². The Morgan fingerprint density at radius 3 is 2.71 bits per heavy atom. The number of nitrogens with zero attached hydrogens (tertiary/aromatic N) is 1. The van der Waals surface area contributed by atoms with Gasteiger partial charge in [0.05, 0.1) is 10.6 Å². The number of phenolic OH excluding ortho intramolecular Hbond substituents is 1. The fraction of sp³-hybridized carbons (Fsp3) is 0.160. The van der Waals surface area contributed by atoms with Gasteiger partial charge in [0.2, 0.25) is 5.89 Å². The third-order valence-corrected chi connectivity index (χ3v) is 5.88. The fourth-order valence-electron chi connectivity index (χ4n) is 3.28. The maximum Gasteiger partial charge on any atom is 0.266 e. The van der Waals surface area contributed by atoms with Crippen LogP contribution in [0.2, 0.25) is 10.0 Å². The van der Waals surface area contributed by atoms with Gasteiger partial charge in [0.1, 0.15) is 17.0 Å². The number of rotatable bonds is 6. The molecule has 180 valence electrons. The highest BCUT2D eigenvalue weighted by Crippen LogP contribution is 2.33. The second-order valence-corrected chi connectivity index (χ2v) is 8.94. The third-order valence-electron chi connectivity index (χ3n) is 5.15. The number of hydrogen-bond donors (Lipinski definition) is 3. The number of carbonyl (C=O) groups is 1. The summed E-state index contributed by atoms with van der Waals surface area (Å²) in [5.74, 6) is 0.115. The first-order valence-electron chi connectivity index (χ1n) is 10.7. The van der Waals surface area contributed by atoms with Crippen LogP contribution in [-0.2, 0) is 11.2 Å². The van der Waals surface area contributed by atoms with Gasteiger partial charge in [-0.05, 0) is 79.7 Å². The second-order valence-electron chi connectivity index (χ2n) is 7.68. The molecule has 0 aliphatic rings. The summed E-state index contributed by atoms with van der Waals surface area (Å²) >= 11 is 17.3. The average molecular weight is 530 g/mol. The number of thiocarbonyl (C=S) groups is 1. The van der Waals surface area contributed by atoms with Crippen LogP contribution < -0.4 is 15.4 Å². The van der Waals surface area contributed by atoms with Gasteiger partial charge < -0.3 is 19.6 Å². The molecule has 1 unspecified atom stereocenters. The number of oxazole rings is 1. The number of phenols is 1. The first-order chi connectivity index (χ1) is 16.7. The summed E-state index contributed by atoms with van der Waals surface area (Å²) in [5.41, 5.74) is 3.36. The summed E-state index contributed by atoms with van der Waals surface area (Å²) in [5, 5.41) is 16.7. The number of ether oxygens (including phenoxy) is 1. The molecule has 0 aliphatic carbocycles. The monoisotopic (exact) mass is 529 g/mol. The summed E-state index contributed by atoms with van der Waals surface area (Å²) in [4.78, 5) is 17.0. The highest BCUT2D eigenvalue weighted by molar-refractivity contribution is 7.80. The zero-order valence-corrected chi connectivity index (χ0v) is 21.1. The number of aromatic hydroxyl groups is 1. The van der Waals surface area contributed by atoms with E-state index in [1.165, 1.54) is 12.1 Å². The molecule has 1 heterocycles. The van der Waals surface area contributed by atoms with Crippen molar-refractivity contribution in [1.82, 2.24) is 10.3 Å². The maximum atomic E-state index is 12.5. The number of anilines is 1. The highest BCUT2D eigenvalue weighted by atomic mass is 35.5. The molecule has 4 aromatic rings. The number of aromatic nitrogens is 1. The average Bonchev–Trinajstić information content (AvgIpc) is 3.25. The van der Waals surface area contributed by atoms with Crippen molar-refractivity contribution < 1.29 is 19.1 Å². The first kappa shape index (κ1) is 24.8. The van der Waals surface area contributed by atoms with E-state index in [9.17, 15) is 9.90 Å². The molecule has 0 saturated heterocycles.